The van der Waals surface area contributed by atoms with Gasteiger partial charge in [-0.25, -0.2) is 4.99 Å². The quantitative estimate of drug-likeness (QED) is 0.392. The number of aliphatic imine (C=N–C) groups is 1. The average Bonchev–Trinajstić information content (AvgIpc) is 2.56. The Morgan fingerprint density at radius 3 is 2.78 bits per heavy atom. The molecular weight excluding hydrogens is 288 g/mol. The van der Waals surface area contributed by atoms with Crippen LogP contribution in [0.15, 0.2) is 41.9 Å². The van der Waals surface area contributed by atoms with E-state index >= 15 is 0 Å². The van der Waals surface area contributed by atoms with Crippen LogP contribution in [0.4, 0.5) is 5.69 Å². The number of nitrogens with zero attached hydrogens (tertiary/aromatic N) is 1. The van der Waals surface area contributed by atoms with Crippen LogP contribution in [0.5, 0.6) is 0 Å². The minimum absolute atomic E-state index is 0.0140. The number of rotatable bonds is 8. The first-order valence-corrected chi connectivity index (χ1v) is 8.13. The summed E-state index contributed by atoms with van der Waals surface area (Å²) in [5.41, 5.74) is 1.86. The van der Waals surface area contributed by atoms with E-state index in [-0.39, 0.29) is 11.8 Å². The number of guanidine groups is 1. The Bertz CT molecular complexity index is 540. The van der Waals surface area contributed by atoms with Crippen LogP contribution < -0.4 is 16.0 Å². The number of hydrogen-bond donors (Lipinski definition) is 3. The van der Waals surface area contributed by atoms with Crippen LogP contribution in [0.2, 0.25) is 0 Å². The summed E-state index contributed by atoms with van der Waals surface area (Å²) in [6.07, 6.45) is 2.62. The van der Waals surface area contributed by atoms with Crippen LogP contribution in [0.25, 0.3) is 0 Å². The van der Waals surface area contributed by atoms with Gasteiger partial charge in [-0.05, 0) is 31.0 Å². The summed E-state index contributed by atoms with van der Waals surface area (Å²) in [4.78, 5) is 16.5. The van der Waals surface area contributed by atoms with Crippen LogP contribution in [0.3, 0.4) is 0 Å². The Balaban J connectivity index is 2.71. The van der Waals surface area contributed by atoms with E-state index in [1.54, 1.807) is 6.08 Å². The molecule has 23 heavy (non-hydrogen) atoms. The minimum Gasteiger partial charge on any atom is -0.357 e. The number of nitrogens with one attached hydrogen (secondary N) is 3. The standard InChI is InChI=1S/C18H28N4O/c1-5-11-20-18(19-7-3)21-13-15-9-8-10-16(12-15)22-17(23)14(4)6-2/h5,8-10,12,14H,1,6-7,11,13H2,2-4H3,(H,22,23)(H2,19,20,21). The molecule has 1 atom stereocenters. The highest BCUT2D eigenvalue weighted by molar-refractivity contribution is 5.92. The SMILES string of the molecule is C=CCNC(=NCc1cccc(NC(=O)C(C)CC)c1)NCC. The van der Waals surface area contributed by atoms with Gasteiger partial charge in [-0.2, -0.15) is 0 Å². The lowest BCUT2D eigenvalue weighted by molar-refractivity contribution is -0.119. The molecule has 1 amide bonds. The van der Waals surface area contributed by atoms with Crippen molar-refractivity contribution < 1.29 is 4.79 Å². The summed E-state index contributed by atoms with van der Waals surface area (Å²) in [7, 11) is 0. The highest BCUT2D eigenvalue weighted by Gasteiger charge is 2.10. The molecule has 0 saturated carbocycles. The van der Waals surface area contributed by atoms with Gasteiger partial charge in [-0.3, -0.25) is 4.79 Å². The first kappa shape index (κ1) is 18.7. The third-order valence-electron chi connectivity index (χ3n) is 3.43. The van der Waals surface area contributed by atoms with Gasteiger partial charge in [0.1, 0.15) is 0 Å². The van der Waals surface area contributed by atoms with Crippen molar-refractivity contribution in [3.8, 4) is 0 Å². The predicted octanol–water partition coefficient (Wildman–Crippen LogP) is 2.91. The molecule has 1 aromatic carbocycles. The number of carbonyl (C=O) groups is 1. The van der Waals surface area contributed by atoms with Crippen LogP contribution in [0.1, 0.15) is 32.8 Å². The molecule has 0 heterocycles. The molecule has 0 aliphatic carbocycles. The molecule has 3 N–H and O–H groups in total. The summed E-state index contributed by atoms with van der Waals surface area (Å²) in [6.45, 7) is 11.7. The molecule has 0 radical (unpaired) electrons. The molecular formula is C18H28N4O. The van der Waals surface area contributed by atoms with Gasteiger partial charge in [0.05, 0.1) is 6.54 Å². The van der Waals surface area contributed by atoms with Crippen molar-refractivity contribution in [1.29, 1.82) is 0 Å². The van der Waals surface area contributed by atoms with Crippen LogP contribution in [-0.2, 0) is 11.3 Å². The summed E-state index contributed by atoms with van der Waals surface area (Å²) >= 11 is 0. The van der Waals surface area contributed by atoms with E-state index in [4.69, 9.17) is 0 Å². The summed E-state index contributed by atoms with van der Waals surface area (Å²) in [6, 6.07) is 7.79. The van der Waals surface area contributed by atoms with E-state index in [1.807, 2.05) is 45.0 Å². The average molecular weight is 316 g/mol. The lowest BCUT2D eigenvalue weighted by Crippen LogP contribution is -2.37. The van der Waals surface area contributed by atoms with E-state index in [1.165, 1.54) is 0 Å². The number of carbonyl (C=O) groups excluding carboxylic acids is 1. The Morgan fingerprint density at radius 2 is 2.13 bits per heavy atom. The van der Waals surface area contributed by atoms with Gasteiger partial charge in [-0.15, -0.1) is 6.58 Å². The van der Waals surface area contributed by atoms with Crippen LogP contribution in [0, 0.1) is 5.92 Å². The molecule has 126 valence electrons. The molecule has 0 saturated heterocycles. The van der Waals surface area contributed by atoms with Crippen molar-refractivity contribution in [2.45, 2.75) is 33.7 Å². The van der Waals surface area contributed by atoms with E-state index < -0.39 is 0 Å². The van der Waals surface area contributed by atoms with E-state index in [0.717, 1.165) is 30.2 Å². The molecule has 5 nitrogen and oxygen atoms in total. The van der Waals surface area contributed by atoms with Crippen molar-refractivity contribution in [1.82, 2.24) is 10.6 Å². The van der Waals surface area contributed by atoms with Gasteiger partial charge in [-0.1, -0.05) is 32.1 Å². The number of benzene rings is 1. The summed E-state index contributed by atoms with van der Waals surface area (Å²) in [5, 5.41) is 9.29. The normalized spacial score (nSPS) is 12.4. The van der Waals surface area contributed by atoms with E-state index in [0.29, 0.717) is 13.1 Å². The van der Waals surface area contributed by atoms with Gasteiger partial charge >= 0.3 is 0 Å². The van der Waals surface area contributed by atoms with Crippen molar-refractivity contribution in [3.63, 3.8) is 0 Å². The van der Waals surface area contributed by atoms with E-state index in [9.17, 15) is 4.79 Å². The van der Waals surface area contributed by atoms with Crippen molar-refractivity contribution in [3.05, 3.63) is 42.5 Å². The van der Waals surface area contributed by atoms with Gasteiger partial charge in [0.15, 0.2) is 5.96 Å². The first-order chi connectivity index (χ1) is 11.1. The van der Waals surface area contributed by atoms with Crippen molar-refractivity contribution in [2.24, 2.45) is 10.9 Å². The number of hydrogen-bond acceptors (Lipinski definition) is 2. The molecule has 1 unspecified atom stereocenters. The molecule has 0 bridgehead atoms. The second-order valence-electron chi connectivity index (χ2n) is 5.36. The third kappa shape index (κ3) is 7.00. The van der Waals surface area contributed by atoms with E-state index in [2.05, 4.69) is 27.5 Å². The van der Waals surface area contributed by atoms with Gasteiger partial charge in [0.2, 0.25) is 5.91 Å². The zero-order valence-corrected chi connectivity index (χ0v) is 14.4. The Kier molecular flexibility index (Phi) is 8.50. The Morgan fingerprint density at radius 1 is 1.35 bits per heavy atom. The monoisotopic (exact) mass is 316 g/mol. The van der Waals surface area contributed by atoms with Gasteiger partial charge in [0.25, 0.3) is 0 Å². The van der Waals surface area contributed by atoms with Crippen LogP contribution in [-0.4, -0.2) is 25.0 Å². The van der Waals surface area contributed by atoms with Gasteiger partial charge < -0.3 is 16.0 Å². The second kappa shape index (κ2) is 10.4. The van der Waals surface area contributed by atoms with Crippen LogP contribution >= 0.6 is 0 Å². The number of anilines is 1. The smallest absolute Gasteiger partial charge is 0.227 e. The fourth-order valence-electron chi connectivity index (χ4n) is 1.88. The molecule has 1 rings (SSSR count). The minimum atomic E-state index is 0.0140. The molecule has 0 fully saturated rings. The third-order valence-corrected chi connectivity index (χ3v) is 3.43. The lowest BCUT2D eigenvalue weighted by atomic mass is 10.1. The zero-order chi connectivity index (χ0) is 17.1. The summed E-state index contributed by atoms with van der Waals surface area (Å²) in [5.74, 6) is 0.815. The Labute approximate surface area is 139 Å². The number of amides is 1. The molecule has 0 aliphatic rings. The van der Waals surface area contributed by atoms with Gasteiger partial charge in [0, 0.05) is 24.7 Å². The maximum atomic E-state index is 12.0. The first-order valence-electron chi connectivity index (χ1n) is 8.13. The maximum absolute atomic E-state index is 12.0. The fourth-order valence-corrected chi connectivity index (χ4v) is 1.88. The highest BCUT2D eigenvalue weighted by atomic mass is 16.1. The zero-order valence-electron chi connectivity index (χ0n) is 14.4. The topological polar surface area (TPSA) is 65.5 Å². The molecule has 0 spiro atoms. The second-order valence-corrected chi connectivity index (χ2v) is 5.36. The highest BCUT2D eigenvalue weighted by Crippen LogP contribution is 2.13. The molecule has 0 aliphatic heterocycles. The maximum Gasteiger partial charge on any atom is 0.227 e. The Hall–Kier alpha value is -2.30. The van der Waals surface area contributed by atoms with Crippen molar-refractivity contribution >= 4 is 17.6 Å². The largest absolute Gasteiger partial charge is 0.357 e. The fraction of sp³-hybridized carbons (Fsp3) is 0.444. The summed E-state index contributed by atoms with van der Waals surface area (Å²) < 4.78 is 0. The lowest BCUT2D eigenvalue weighted by Gasteiger charge is -2.11. The predicted molar refractivity (Wildman–Crippen MR) is 97.5 cm³/mol. The molecule has 0 aromatic heterocycles. The van der Waals surface area contributed by atoms with Crippen molar-refractivity contribution in [2.75, 3.05) is 18.4 Å². The molecule has 5 heteroatoms. The molecule has 1 aromatic rings.